The lowest BCUT2D eigenvalue weighted by Gasteiger charge is -2.27. The standard InChI is InChI=1S/C17H28N6O3.ClH/c1-26-17(25)13-2-4-14(5-3-13)19-16(24)15-20-22-23(21-15)11-8-12-6-9-18-10-7-12;/h12-14,18H,2-11H2,1H3,(H,19,24);1H. The normalized spacial score (nSPS) is 23.3. The average Bonchev–Trinajstić information content (AvgIpc) is 3.16. The number of carbonyl (C=O) groups excluding carboxylic acids is 2. The third-order valence-electron chi connectivity index (χ3n) is 5.45. The lowest BCUT2D eigenvalue weighted by atomic mass is 9.86. The first-order chi connectivity index (χ1) is 12.7. The Morgan fingerprint density at radius 2 is 1.89 bits per heavy atom. The highest BCUT2D eigenvalue weighted by Gasteiger charge is 2.28. The molecule has 152 valence electrons. The number of hydrogen-bond donors (Lipinski definition) is 2. The van der Waals surface area contributed by atoms with Crippen LogP contribution in [0.4, 0.5) is 0 Å². The van der Waals surface area contributed by atoms with Crippen LogP contribution in [0, 0.1) is 11.8 Å². The second-order valence-corrected chi connectivity index (χ2v) is 7.24. The summed E-state index contributed by atoms with van der Waals surface area (Å²) in [4.78, 5) is 25.4. The molecular weight excluding hydrogens is 372 g/mol. The van der Waals surface area contributed by atoms with Crippen LogP contribution in [0.2, 0.25) is 0 Å². The topological polar surface area (TPSA) is 111 Å². The Morgan fingerprint density at radius 1 is 1.19 bits per heavy atom. The van der Waals surface area contributed by atoms with Crippen LogP contribution in [-0.4, -0.2) is 58.3 Å². The maximum atomic E-state index is 12.3. The molecule has 0 spiro atoms. The highest BCUT2D eigenvalue weighted by molar-refractivity contribution is 5.90. The number of tetrazole rings is 1. The number of hydrogen-bond acceptors (Lipinski definition) is 7. The van der Waals surface area contributed by atoms with Crippen molar-refractivity contribution < 1.29 is 14.3 Å². The zero-order valence-electron chi connectivity index (χ0n) is 15.7. The van der Waals surface area contributed by atoms with Crippen molar-refractivity contribution >= 4 is 24.3 Å². The molecule has 1 saturated heterocycles. The van der Waals surface area contributed by atoms with Gasteiger partial charge in [0.25, 0.3) is 11.7 Å². The van der Waals surface area contributed by atoms with Gasteiger partial charge in [-0.1, -0.05) is 0 Å². The molecule has 2 heterocycles. The molecule has 1 aliphatic carbocycles. The molecule has 9 nitrogen and oxygen atoms in total. The number of carbonyl (C=O) groups is 2. The van der Waals surface area contributed by atoms with Gasteiger partial charge in [-0.15, -0.1) is 22.6 Å². The second kappa shape index (κ2) is 10.6. The number of ether oxygens (including phenoxy) is 1. The fraction of sp³-hybridized carbons (Fsp3) is 0.824. The van der Waals surface area contributed by atoms with Gasteiger partial charge in [0.05, 0.1) is 19.6 Å². The fourth-order valence-electron chi connectivity index (χ4n) is 3.79. The van der Waals surface area contributed by atoms with E-state index in [1.165, 1.54) is 24.7 Å². The predicted octanol–water partition coefficient (Wildman–Crippen LogP) is 0.946. The lowest BCUT2D eigenvalue weighted by Crippen LogP contribution is -2.39. The van der Waals surface area contributed by atoms with E-state index < -0.39 is 0 Å². The van der Waals surface area contributed by atoms with Crippen molar-refractivity contribution in [1.82, 2.24) is 30.8 Å². The van der Waals surface area contributed by atoms with Gasteiger partial charge in [-0.05, 0) is 69.2 Å². The van der Waals surface area contributed by atoms with Crippen molar-refractivity contribution in [2.45, 2.75) is 57.5 Å². The lowest BCUT2D eigenvalue weighted by molar-refractivity contribution is -0.146. The van der Waals surface area contributed by atoms with Gasteiger partial charge in [0, 0.05) is 6.04 Å². The molecule has 1 aromatic heterocycles. The van der Waals surface area contributed by atoms with E-state index >= 15 is 0 Å². The highest BCUT2D eigenvalue weighted by atomic mass is 35.5. The Balaban J connectivity index is 0.00000261. The fourth-order valence-corrected chi connectivity index (χ4v) is 3.79. The zero-order valence-corrected chi connectivity index (χ0v) is 16.5. The van der Waals surface area contributed by atoms with Crippen molar-refractivity contribution in [3.63, 3.8) is 0 Å². The second-order valence-electron chi connectivity index (χ2n) is 7.24. The van der Waals surface area contributed by atoms with Crippen LogP contribution in [0.25, 0.3) is 0 Å². The average molecular weight is 401 g/mol. The zero-order chi connectivity index (χ0) is 18.4. The van der Waals surface area contributed by atoms with Gasteiger partial charge >= 0.3 is 5.97 Å². The first-order valence-corrected chi connectivity index (χ1v) is 9.53. The number of halogens is 1. The number of rotatable bonds is 6. The molecule has 1 saturated carbocycles. The monoisotopic (exact) mass is 400 g/mol. The van der Waals surface area contributed by atoms with Gasteiger partial charge in [0.1, 0.15) is 0 Å². The summed E-state index contributed by atoms with van der Waals surface area (Å²) in [5, 5.41) is 18.4. The van der Waals surface area contributed by atoms with Crippen molar-refractivity contribution in [1.29, 1.82) is 0 Å². The Morgan fingerprint density at radius 3 is 2.56 bits per heavy atom. The number of methoxy groups -OCH3 is 1. The number of nitrogens with one attached hydrogen (secondary N) is 2. The summed E-state index contributed by atoms with van der Waals surface area (Å²) >= 11 is 0. The van der Waals surface area contributed by atoms with E-state index in [1.807, 2.05) is 0 Å². The molecule has 2 fully saturated rings. The van der Waals surface area contributed by atoms with Crippen molar-refractivity contribution in [2.24, 2.45) is 11.8 Å². The SMILES string of the molecule is COC(=O)C1CCC(NC(=O)c2nnn(CCC3CCNCC3)n2)CC1.Cl. The van der Waals surface area contributed by atoms with E-state index in [-0.39, 0.29) is 42.1 Å². The molecule has 27 heavy (non-hydrogen) atoms. The van der Waals surface area contributed by atoms with Crippen LogP contribution in [0.1, 0.15) is 55.6 Å². The molecule has 0 atom stereocenters. The van der Waals surface area contributed by atoms with E-state index in [0.717, 1.165) is 45.2 Å². The number of esters is 1. The van der Waals surface area contributed by atoms with E-state index in [9.17, 15) is 9.59 Å². The van der Waals surface area contributed by atoms with Gasteiger partial charge in [-0.2, -0.15) is 4.80 Å². The number of piperidine rings is 1. The molecule has 1 aromatic rings. The number of nitrogens with zero attached hydrogens (tertiary/aromatic N) is 4. The van der Waals surface area contributed by atoms with Gasteiger partial charge in [0.15, 0.2) is 0 Å². The van der Waals surface area contributed by atoms with Crippen LogP contribution in [-0.2, 0) is 16.1 Å². The molecule has 1 aliphatic heterocycles. The smallest absolute Gasteiger partial charge is 0.308 e. The maximum absolute atomic E-state index is 12.3. The van der Waals surface area contributed by atoms with Gasteiger partial charge in [0.2, 0.25) is 0 Å². The molecule has 3 rings (SSSR count). The largest absolute Gasteiger partial charge is 0.469 e. The predicted molar refractivity (Wildman–Crippen MR) is 101 cm³/mol. The minimum atomic E-state index is -0.292. The molecule has 0 bridgehead atoms. The molecule has 1 amide bonds. The summed E-state index contributed by atoms with van der Waals surface area (Å²) in [5.41, 5.74) is 0. The summed E-state index contributed by atoms with van der Waals surface area (Å²) < 4.78 is 4.78. The summed E-state index contributed by atoms with van der Waals surface area (Å²) in [7, 11) is 1.41. The number of aromatic nitrogens is 4. The summed E-state index contributed by atoms with van der Waals surface area (Å²) in [6.45, 7) is 2.83. The molecule has 0 unspecified atom stereocenters. The van der Waals surface area contributed by atoms with Crippen molar-refractivity contribution in [3.8, 4) is 0 Å². The quantitative estimate of drug-likeness (QED) is 0.683. The molecule has 2 aliphatic rings. The molecule has 0 radical (unpaired) electrons. The Labute approximate surface area is 165 Å². The molecule has 0 aromatic carbocycles. The van der Waals surface area contributed by atoms with Crippen molar-refractivity contribution in [2.75, 3.05) is 20.2 Å². The summed E-state index contributed by atoms with van der Waals surface area (Å²) in [6, 6.07) is 0.0464. The van der Waals surface area contributed by atoms with Gasteiger partial charge in [-0.3, -0.25) is 9.59 Å². The highest BCUT2D eigenvalue weighted by Crippen LogP contribution is 2.25. The van der Waals surface area contributed by atoms with E-state index in [0.29, 0.717) is 12.5 Å². The van der Waals surface area contributed by atoms with E-state index in [1.54, 1.807) is 0 Å². The summed E-state index contributed by atoms with van der Waals surface area (Å²) in [6.07, 6.45) is 6.34. The van der Waals surface area contributed by atoms with Crippen molar-refractivity contribution in [3.05, 3.63) is 5.82 Å². The van der Waals surface area contributed by atoms with Gasteiger partial charge < -0.3 is 15.4 Å². The molecule has 10 heteroatoms. The van der Waals surface area contributed by atoms with Crippen LogP contribution in [0.5, 0.6) is 0 Å². The minimum absolute atomic E-state index is 0. The molecule has 2 N–H and O–H groups in total. The Bertz CT molecular complexity index is 612. The van der Waals surface area contributed by atoms with Crippen LogP contribution in [0.3, 0.4) is 0 Å². The van der Waals surface area contributed by atoms with E-state index in [2.05, 4.69) is 26.0 Å². The van der Waals surface area contributed by atoms with Gasteiger partial charge in [-0.25, -0.2) is 0 Å². The number of aryl methyl sites for hydroxylation is 1. The molecular formula is C17H29ClN6O3. The first kappa shape index (κ1) is 21.6. The summed E-state index contributed by atoms with van der Waals surface area (Å²) in [5.74, 6) is 0.296. The Hall–Kier alpha value is -1.74. The third-order valence-corrected chi connectivity index (χ3v) is 5.45. The number of amides is 1. The van der Waals surface area contributed by atoms with Crippen LogP contribution >= 0.6 is 12.4 Å². The van der Waals surface area contributed by atoms with Crippen LogP contribution < -0.4 is 10.6 Å². The first-order valence-electron chi connectivity index (χ1n) is 9.53. The van der Waals surface area contributed by atoms with Crippen LogP contribution in [0.15, 0.2) is 0 Å². The maximum Gasteiger partial charge on any atom is 0.308 e. The minimum Gasteiger partial charge on any atom is -0.469 e. The van der Waals surface area contributed by atoms with E-state index in [4.69, 9.17) is 4.74 Å². The Kier molecular flexibility index (Phi) is 8.43. The third kappa shape index (κ3) is 6.14.